The number of rotatable bonds is 4. The Kier molecular flexibility index (Phi) is 5.91. The van der Waals surface area contributed by atoms with Gasteiger partial charge in [0.25, 0.3) is 0 Å². The van der Waals surface area contributed by atoms with E-state index in [0.717, 1.165) is 5.69 Å². The van der Waals surface area contributed by atoms with Crippen molar-refractivity contribution in [2.45, 2.75) is 0 Å². The fourth-order valence-electron chi connectivity index (χ4n) is 7.78. The molecule has 10 aromatic rings. The van der Waals surface area contributed by atoms with Crippen LogP contribution in [0.4, 0.5) is 0 Å². The second-order valence-electron chi connectivity index (χ2n) is 12.5. The van der Waals surface area contributed by atoms with Crippen LogP contribution in [0.15, 0.2) is 182 Å². The van der Waals surface area contributed by atoms with E-state index in [1.165, 1.54) is 82.3 Å². The molecule has 8 aromatic carbocycles. The molecule has 48 heavy (non-hydrogen) atoms. The summed E-state index contributed by atoms with van der Waals surface area (Å²) < 4.78 is 4.83. The predicted molar refractivity (Wildman–Crippen MR) is 203 cm³/mol. The van der Waals surface area contributed by atoms with Crippen molar-refractivity contribution in [2.75, 3.05) is 0 Å². The Hall–Kier alpha value is -6.38. The molecule has 224 valence electrons. The number of nitrogens with zero attached hydrogens (tertiary/aromatic N) is 2. The van der Waals surface area contributed by atoms with Crippen LogP contribution in [0.2, 0.25) is 0 Å². The summed E-state index contributed by atoms with van der Waals surface area (Å²) in [5, 5.41) is 7.56. The van der Waals surface area contributed by atoms with E-state index in [9.17, 15) is 0 Å². The molecule has 0 saturated carbocycles. The van der Waals surface area contributed by atoms with Crippen molar-refractivity contribution in [1.82, 2.24) is 9.13 Å². The number of fused-ring (bicyclic) bond motifs is 7. The zero-order valence-corrected chi connectivity index (χ0v) is 26.2. The van der Waals surface area contributed by atoms with Crippen LogP contribution in [0, 0.1) is 0 Å². The fraction of sp³-hybridized carbons (Fsp3) is 0. The zero-order valence-electron chi connectivity index (χ0n) is 26.2. The highest BCUT2D eigenvalue weighted by Crippen LogP contribution is 2.42. The fourth-order valence-corrected chi connectivity index (χ4v) is 7.78. The summed E-state index contributed by atoms with van der Waals surface area (Å²) in [5.41, 5.74) is 12.1. The maximum atomic E-state index is 2.43. The Morgan fingerprint density at radius 2 is 0.708 bits per heavy atom. The molecule has 0 unspecified atom stereocenters. The van der Waals surface area contributed by atoms with Gasteiger partial charge in [0.05, 0.1) is 22.1 Å². The third-order valence-corrected chi connectivity index (χ3v) is 9.91. The van der Waals surface area contributed by atoms with Crippen molar-refractivity contribution in [2.24, 2.45) is 0 Å². The molecule has 0 aliphatic rings. The largest absolute Gasteiger partial charge is 0.309 e. The van der Waals surface area contributed by atoms with E-state index >= 15 is 0 Å². The number of hydrogen-bond donors (Lipinski definition) is 0. The predicted octanol–water partition coefficient (Wildman–Crippen LogP) is 12.4. The monoisotopic (exact) mass is 610 g/mol. The summed E-state index contributed by atoms with van der Waals surface area (Å²) >= 11 is 0. The first kappa shape index (κ1) is 26.8. The molecule has 2 nitrogen and oxygen atoms in total. The average Bonchev–Trinajstić information content (AvgIpc) is 3.66. The summed E-state index contributed by atoms with van der Waals surface area (Å²) in [6, 6.07) is 66.2. The van der Waals surface area contributed by atoms with Crippen molar-refractivity contribution >= 4 is 54.4 Å². The summed E-state index contributed by atoms with van der Waals surface area (Å²) in [6.07, 6.45) is 0. The molecular weight excluding hydrogens is 581 g/mol. The average molecular weight is 611 g/mol. The van der Waals surface area contributed by atoms with Crippen LogP contribution in [-0.4, -0.2) is 9.13 Å². The Balaban J connectivity index is 1.28. The minimum absolute atomic E-state index is 1.16. The highest BCUT2D eigenvalue weighted by Gasteiger charge is 2.19. The van der Waals surface area contributed by atoms with Crippen molar-refractivity contribution in [3.05, 3.63) is 182 Å². The van der Waals surface area contributed by atoms with Crippen LogP contribution >= 0.6 is 0 Å². The van der Waals surface area contributed by atoms with Gasteiger partial charge in [-0.15, -0.1) is 0 Å². The van der Waals surface area contributed by atoms with Gasteiger partial charge in [0.1, 0.15) is 0 Å². The number of para-hydroxylation sites is 3. The Bertz CT molecular complexity index is 2810. The van der Waals surface area contributed by atoms with Crippen molar-refractivity contribution in [1.29, 1.82) is 0 Å². The third-order valence-electron chi connectivity index (χ3n) is 9.91. The lowest BCUT2D eigenvalue weighted by Crippen LogP contribution is -1.95. The van der Waals surface area contributed by atoms with E-state index in [2.05, 4.69) is 191 Å². The van der Waals surface area contributed by atoms with Gasteiger partial charge in [-0.05, 0) is 87.6 Å². The lowest BCUT2D eigenvalue weighted by atomic mass is 9.91. The Labute approximate surface area is 278 Å². The molecule has 2 aromatic heterocycles. The first-order chi connectivity index (χ1) is 23.8. The van der Waals surface area contributed by atoms with E-state index in [-0.39, 0.29) is 0 Å². The van der Waals surface area contributed by atoms with Gasteiger partial charge in [0, 0.05) is 32.9 Å². The SMILES string of the molecule is c1ccc(-c2ccc(-c3ccc4c(c3)c3cc5c6ccccc6n(-c6ccccc6)c5cc3n4-c3ccccc3)c3ccccc23)cc1. The molecule has 0 aliphatic carbocycles. The van der Waals surface area contributed by atoms with E-state index < -0.39 is 0 Å². The van der Waals surface area contributed by atoms with E-state index in [1.54, 1.807) is 0 Å². The van der Waals surface area contributed by atoms with E-state index in [1.807, 2.05) is 0 Å². The van der Waals surface area contributed by atoms with Gasteiger partial charge in [0.15, 0.2) is 0 Å². The Morgan fingerprint density at radius 1 is 0.250 bits per heavy atom. The second kappa shape index (κ2) is 10.6. The molecule has 0 spiro atoms. The number of aromatic nitrogens is 2. The highest BCUT2D eigenvalue weighted by atomic mass is 15.0. The van der Waals surface area contributed by atoms with Crippen molar-refractivity contribution < 1.29 is 0 Å². The topological polar surface area (TPSA) is 9.86 Å². The van der Waals surface area contributed by atoms with Gasteiger partial charge >= 0.3 is 0 Å². The molecular formula is C46H30N2. The van der Waals surface area contributed by atoms with Crippen LogP contribution < -0.4 is 0 Å². The lowest BCUT2D eigenvalue weighted by Gasteiger charge is -2.13. The van der Waals surface area contributed by atoms with Gasteiger partial charge in [-0.3, -0.25) is 0 Å². The van der Waals surface area contributed by atoms with E-state index in [0.29, 0.717) is 0 Å². The first-order valence-electron chi connectivity index (χ1n) is 16.5. The molecule has 0 amide bonds. The summed E-state index contributed by atoms with van der Waals surface area (Å²) in [7, 11) is 0. The zero-order chi connectivity index (χ0) is 31.6. The van der Waals surface area contributed by atoms with Gasteiger partial charge < -0.3 is 9.13 Å². The van der Waals surface area contributed by atoms with Crippen LogP contribution in [0.3, 0.4) is 0 Å². The summed E-state index contributed by atoms with van der Waals surface area (Å²) in [4.78, 5) is 0. The molecule has 10 rings (SSSR count). The van der Waals surface area contributed by atoms with Gasteiger partial charge in [-0.25, -0.2) is 0 Å². The number of benzene rings is 8. The van der Waals surface area contributed by atoms with Crippen molar-refractivity contribution in [3.63, 3.8) is 0 Å². The number of hydrogen-bond acceptors (Lipinski definition) is 0. The molecule has 0 fully saturated rings. The first-order valence-corrected chi connectivity index (χ1v) is 16.5. The lowest BCUT2D eigenvalue weighted by molar-refractivity contribution is 1.16. The quantitative estimate of drug-likeness (QED) is 0.188. The van der Waals surface area contributed by atoms with Gasteiger partial charge in [-0.2, -0.15) is 0 Å². The second-order valence-corrected chi connectivity index (χ2v) is 12.5. The van der Waals surface area contributed by atoms with Crippen molar-refractivity contribution in [3.8, 4) is 33.6 Å². The highest BCUT2D eigenvalue weighted by molar-refractivity contribution is 6.20. The maximum Gasteiger partial charge on any atom is 0.0562 e. The Morgan fingerprint density at radius 3 is 1.33 bits per heavy atom. The minimum Gasteiger partial charge on any atom is -0.309 e. The summed E-state index contributed by atoms with van der Waals surface area (Å²) in [6.45, 7) is 0. The van der Waals surface area contributed by atoms with Crippen LogP contribution in [0.1, 0.15) is 0 Å². The normalized spacial score (nSPS) is 11.8. The minimum atomic E-state index is 1.16. The standard InChI is InChI=1S/C46H30N2/c1-4-14-31(15-5-1)35-25-26-36(38-21-11-10-20-37(35)38)32-24-27-44-40(28-32)42-29-41-39-22-12-13-23-43(39)47(33-16-6-2-7-17-33)45(41)30-46(42)48(44)34-18-8-3-9-19-34/h1-30H. The molecule has 0 saturated heterocycles. The molecule has 2 heteroatoms. The molecule has 0 bridgehead atoms. The van der Waals surface area contributed by atoms with Gasteiger partial charge in [-0.1, -0.05) is 127 Å². The van der Waals surface area contributed by atoms with E-state index in [4.69, 9.17) is 0 Å². The molecule has 0 N–H and O–H groups in total. The van der Waals surface area contributed by atoms with Crippen LogP contribution in [0.25, 0.3) is 88.0 Å². The smallest absolute Gasteiger partial charge is 0.0562 e. The molecule has 0 radical (unpaired) electrons. The molecule has 2 heterocycles. The van der Waals surface area contributed by atoms with Gasteiger partial charge in [0.2, 0.25) is 0 Å². The summed E-state index contributed by atoms with van der Waals surface area (Å²) in [5.74, 6) is 0. The van der Waals surface area contributed by atoms with Crippen LogP contribution in [0.5, 0.6) is 0 Å². The maximum absolute atomic E-state index is 2.43. The van der Waals surface area contributed by atoms with Crippen LogP contribution in [-0.2, 0) is 0 Å². The third kappa shape index (κ3) is 4.00. The molecule has 0 aliphatic heterocycles. The molecule has 0 atom stereocenters.